The number of sulfonamides is 1. The molecule has 0 saturated carbocycles. The maximum absolute atomic E-state index is 12.9. The summed E-state index contributed by atoms with van der Waals surface area (Å²) in [6, 6.07) is 22.6. The van der Waals surface area contributed by atoms with E-state index in [4.69, 9.17) is 0 Å². The number of hydrogen-bond acceptors (Lipinski definition) is 4. The Morgan fingerprint density at radius 1 is 0.912 bits per heavy atom. The number of amides is 1. The van der Waals surface area contributed by atoms with Crippen molar-refractivity contribution in [2.24, 2.45) is 0 Å². The van der Waals surface area contributed by atoms with E-state index in [1.54, 1.807) is 53.2 Å². The first-order chi connectivity index (χ1) is 16.2. The highest BCUT2D eigenvalue weighted by Crippen LogP contribution is 2.25. The van der Waals surface area contributed by atoms with Crippen LogP contribution in [-0.4, -0.2) is 31.2 Å². The molecule has 0 saturated heterocycles. The number of rotatable bonds is 6. The maximum atomic E-state index is 12.9. The van der Waals surface area contributed by atoms with Gasteiger partial charge >= 0.3 is 0 Å². The lowest BCUT2D eigenvalue weighted by Crippen LogP contribution is -2.26. The largest absolute Gasteiger partial charge is 0.320 e. The molecule has 0 aliphatic rings. The number of para-hydroxylation sites is 2. The van der Waals surface area contributed by atoms with Crippen LogP contribution in [0.4, 0.5) is 11.4 Å². The van der Waals surface area contributed by atoms with Crippen molar-refractivity contribution in [3.8, 4) is 5.69 Å². The van der Waals surface area contributed by atoms with E-state index in [1.165, 1.54) is 11.4 Å². The Hall–Kier alpha value is -3.91. The van der Waals surface area contributed by atoms with Gasteiger partial charge in [-0.05, 0) is 75.4 Å². The van der Waals surface area contributed by atoms with Gasteiger partial charge in [0.25, 0.3) is 15.9 Å². The number of benzene rings is 3. The standard InChI is InChI=1S/C26H26N4O3S/c1-18-9-15-23(16-10-18)34(32,33)29(4)22-13-11-21(12-14-22)26(31)27-24-7-5-6-8-25(24)30-20(3)17-19(2)28-30/h5-17H,1-4H3,(H,27,31). The average molecular weight is 475 g/mol. The molecule has 0 atom stereocenters. The van der Waals surface area contributed by atoms with Crippen molar-refractivity contribution in [3.63, 3.8) is 0 Å². The molecular formula is C26H26N4O3S. The molecular weight excluding hydrogens is 448 g/mol. The van der Waals surface area contributed by atoms with Crippen LogP contribution in [0.25, 0.3) is 5.69 Å². The third kappa shape index (κ3) is 4.58. The predicted molar refractivity (Wildman–Crippen MR) is 134 cm³/mol. The minimum atomic E-state index is -3.71. The fraction of sp³-hybridized carbons (Fsp3) is 0.154. The fourth-order valence-corrected chi connectivity index (χ4v) is 4.86. The smallest absolute Gasteiger partial charge is 0.264 e. The summed E-state index contributed by atoms with van der Waals surface area (Å²) in [5.41, 5.74) is 5.09. The molecule has 0 aliphatic carbocycles. The topological polar surface area (TPSA) is 84.3 Å². The molecule has 0 bridgehead atoms. The molecule has 4 aromatic rings. The minimum Gasteiger partial charge on any atom is -0.320 e. The summed E-state index contributed by atoms with van der Waals surface area (Å²) in [7, 11) is -2.21. The Morgan fingerprint density at radius 3 is 2.18 bits per heavy atom. The molecule has 4 rings (SSSR count). The van der Waals surface area contributed by atoms with Gasteiger partial charge in [-0.2, -0.15) is 5.10 Å². The van der Waals surface area contributed by atoms with Gasteiger partial charge in [0.1, 0.15) is 0 Å². The minimum absolute atomic E-state index is 0.211. The Labute approximate surface area is 199 Å². The molecule has 174 valence electrons. The zero-order valence-corrected chi connectivity index (χ0v) is 20.3. The van der Waals surface area contributed by atoms with Crippen molar-refractivity contribution in [1.29, 1.82) is 0 Å². The van der Waals surface area contributed by atoms with E-state index in [9.17, 15) is 13.2 Å². The zero-order chi connectivity index (χ0) is 24.5. The third-order valence-corrected chi connectivity index (χ3v) is 7.36. The quantitative estimate of drug-likeness (QED) is 0.432. The average Bonchev–Trinajstić information content (AvgIpc) is 3.16. The number of carbonyl (C=O) groups excluding carboxylic acids is 1. The predicted octanol–water partition coefficient (Wildman–Crippen LogP) is 4.87. The molecule has 0 spiro atoms. The zero-order valence-electron chi connectivity index (χ0n) is 19.5. The van der Waals surface area contributed by atoms with Crippen LogP contribution >= 0.6 is 0 Å². The lowest BCUT2D eigenvalue weighted by Gasteiger charge is -2.20. The Kier molecular flexibility index (Phi) is 6.26. The van der Waals surface area contributed by atoms with E-state index in [0.29, 0.717) is 16.9 Å². The normalized spacial score (nSPS) is 11.3. The van der Waals surface area contributed by atoms with Crippen LogP contribution in [0.2, 0.25) is 0 Å². The van der Waals surface area contributed by atoms with E-state index < -0.39 is 10.0 Å². The number of anilines is 2. The second-order valence-electron chi connectivity index (χ2n) is 8.14. The van der Waals surface area contributed by atoms with Gasteiger partial charge in [0.15, 0.2) is 0 Å². The van der Waals surface area contributed by atoms with Crippen LogP contribution in [0.15, 0.2) is 83.8 Å². The molecule has 7 nitrogen and oxygen atoms in total. The Bertz CT molecular complexity index is 1440. The number of nitrogens with one attached hydrogen (secondary N) is 1. The number of carbonyl (C=O) groups is 1. The molecule has 3 aromatic carbocycles. The van der Waals surface area contributed by atoms with Gasteiger partial charge < -0.3 is 5.32 Å². The molecule has 1 N–H and O–H groups in total. The number of nitrogens with zero attached hydrogens (tertiary/aromatic N) is 3. The summed E-state index contributed by atoms with van der Waals surface area (Å²) in [6.07, 6.45) is 0. The van der Waals surface area contributed by atoms with Gasteiger partial charge in [-0.25, -0.2) is 13.1 Å². The molecule has 0 fully saturated rings. The van der Waals surface area contributed by atoms with Crippen molar-refractivity contribution in [2.45, 2.75) is 25.7 Å². The molecule has 0 unspecified atom stereocenters. The summed E-state index contributed by atoms with van der Waals surface area (Å²) in [5, 5.41) is 7.45. The van der Waals surface area contributed by atoms with Gasteiger partial charge in [-0.1, -0.05) is 29.8 Å². The van der Waals surface area contributed by atoms with Crippen molar-refractivity contribution >= 4 is 27.3 Å². The number of aromatic nitrogens is 2. The van der Waals surface area contributed by atoms with Gasteiger partial charge in [0, 0.05) is 18.3 Å². The molecule has 34 heavy (non-hydrogen) atoms. The first-order valence-electron chi connectivity index (χ1n) is 10.8. The highest BCUT2D eigenvalue weighted by atomic mass is 32.2. The fourth-order valence-electron chi connectivity index (χ4n) is 3.66. The first-order valence-corrected chi connectivity index (χ1v) is 12.2. The number of hydrogen-bond donors (Lipinski definition) is 1. The Balaban J connectivity index is 1.55. The van der Waals surface area contributed by atoms with Gasteiger partial charge in [-0.3, -0.25) is 9.10 Å². The summed E-state index contributed by atoms with van der Waals surface area (Å²) < 4.78 is 28.9. The summed E-state index contributed by atoms with van der Waals surface area (Å²) in [5.74, 6) is -0.301. The van der Waals surface area contributed by atoms with Crippen molar-refractivity contribution in [1.82, 2.24) is 9.78 Å². The van der Waals surface area contributed by atoms with Gasteiger partial charge in [0.2, 0.25) is 0 Å². The molecule has 8 heteroatoms. The third-order valence-electron chi connectivity index (χ3n) is 5.56. The van der Waals surface area contributed by atoms with E-state index in [2.05, 4.69) is 10.4 Å². The molecule has 0 radical (unpaired) electrons. The maximum Gasteiger partial charge on any atom is 0.264 e. The second-order valence-corrected chi connectivity index (χ2v) is 10.1. The molecule has 1 heterocycles. The second kappa shape index (κ2) is 9.15. The summed E-state index contributed by atoms with van der Waals surface area (Å²) in [6.45, 7) is 5.78. The summed E-state index contributed by atoms with van der Waals surface area (Å²) in [4.78, 5) is 13.2. The van der Waals surface area contributed by atoms with Crippen LogP contribution in [0.3, 0.4) is 0 Å². The monoisotopic (exact) mass is 474 g/mol. The van der Waals surface area contributed by atoms with Crippen molar-refractivity contribution in [3.05, 3.63) is 101 Å². The van der Waals surface area contributed by atoms with Gasteiger partial charge in [-0.15, -0.1) is 0 Å². The molecule has 1 amide bonds. The highest BCUT2D eigenvalue weighted by Gasteiger charge is 2.21. The van der Waals surface area contributed by atoms with Gasteiger partial charge in [0.05, 0.1) is 27.7 Å². The Morgan fingerprint density at radius 2 is 1.56 bits per heavy atom. The van der Waals surface area contributed by atoms with Crippen LogP contribution in [0, 0.1) is 20.8 Å². The lowest BCUT2D eigenvalue weighted by atomic mass is 10.2. The molecule has 1 aromatic heterocycles. The SMILES string of the molecule is Cc1ccc(S(=O)(=O)N(C)c2ccc(C(=O)Nc3ccccc3-n3nc(C)cc3C)cc2)cc1. The van der Waals surface area contributed by atoms with Crippen molar-refractivity contribution in [2.75, 3.05) is 16.7 Å². The highest BCUT2D eigenvalue weighted by molar-refractivity contribution is 7.92. The van der Waals surface area contributed by atoms with E-state index >= 15 is 0 Å². The van der Waals surface area contributed by atoms with Crippen LogP contribution in [-0.2, 0) is 10.0 Å². The number of aryl methyl sites for hydroxylation is 3. The molecule has 0 aliphatic heterocycles. The van der Waals surface area contributed by atoms with Crippen LogP contribution in [0.5, 0.6) is 0 Å². The van der Waals surface area contributed by atoms with E-state index in [1.807, 2.05) is 51.1 Å². The lowest BCUT2D eigenvalue weighted by molar-refractivity contribution is 0.102. The first kappa shape index (κ1) is 23.3. The van der Waals surface area contributed by atoms with Crippen LogP contribution in [0.1, 0.15) is 27.3 Å². The summed E-state index contributed by atoms with van der Waals surface area (Å²) >= 11 is 0. The van der Waals surface area contributed by atoms with E-state index in [0.717, 1.165) is 22.6 Å². The van der Waals surface area contributed by atoms with E-state index in [-0.39, 0.29) is 10.8 Å². The van der Waals surface area contributed by atoms with Crippen LogP contribution < -0.4 is 9.62 Å². The van der Waals surface area contributed by atoms with Crippen molar-refractivity contribution < 1.29 is 13.2 Å².